The smallest absolute Gasteiger partial charge is 0.220 e. The van der Waals surface area contributed by atoms with Crippen molar-refractivity contribution in [3.8, 4) is 0 Å². The maximum atomic E-state index is 11.7. The number of hydrogen-bond acceptors (Lipinski definition) is 3. The Morgan fingerprint density at radius 1 is 1.19 bits per heavy atom. The van der Waals surface area contributed by atoms with Crippen LogP contribution in [0.2, 0.25) is 0 Å². The van der Waals surface area contributed by atoms with E-state index >= 15 is 0 Å². The summed E-state index contributed by atoms with van der Waals surface area (Å²) >= 11 is 0. The predicted octanol–water partition coefficient (Wildman–Crippen LogP) is 0.870. The second-order valence-corrected chi connectivity index (χ2v) is 7.25. The standard InChI is InChI=1S/C11H19NO3S/c13-11(12-10-3-1-2-4-10)7-9-5-6-16(14,15)8-9/h9-10H,1-8H2,(H,12,13)/t9-/m0/s1. The molecule has 0 unspecified atom stereocenters. The van der Waals surface area contributed by atoms with Crippen LogP contribution in [-0.4, -0.2) is 31.9 Å². The van der Waals surface area contributed by atoms with Gasteiger partial charge in [0, 0.05) is 12.5 Å². The molecule has 16 heavy (non-hydrogen) atoms. The number of carbonyl (C=O) groups excluding carboxylic acids is 1. The molecule has 1 saturated heterocycles. The Labute approximate surface area is 96.7 Å². The Hall–Kier alpha value is -0.580. The highest BCUT2D eigenvalue weighted by Gasteiger charge is 2.30. The van der Waals surface area contributed by atoms with Gasteiger partial charge < -0.3 is 5.32 Å². The van der Waals surface area contributed by atoms with Crippen molar-refractivity contribution in [1.29, 1.82) is 0 Å². The van der Waals surface area contributed by atoms with Crippen molar-refractivity contribution in [3.63, 3.8) is 0 Å². The zero-order chi connectivity index (χ0) is 11.6. The van der Waals surface area contributed by atoms with E-state index in [2.05, 4.69) is 5.32 Å². The van der Waals surface area contributed by atoms with E-state index in [4.69, 9.17) is 0 Å². The quantitative estimate of drug-likeness (QED) is 0.802. The predicted molar refractivity (Wildman–Crippen MR) is 61.8 cm³/mol. The summed E-state index contributed by atoms with van der Waals surface area (Å²) in [5.41, 5.74) is 0. The minimum absolute atomic E-state index is 0.0361. The average molecular weight is 245 g/mol. The van der Waals surface area contributed by atoms with Crippen molar-refractivity contribution in [3.05, 3.63) is 0 Å². The van der Waals surface area contributed by atoms with Crippen LogP contribution in [0.25, 0.3) is 0 Å². The molecule has 1 aliphatic carbocycles. The fourth-order valence-electron chi connectivity index (χ4n) is 2.65. The molecule has 0 aromatic carbocycles. The van der Waals surface area contributed by atoms with Gasteiger partial charge in [0.05, 0.1) is 11.5 Å². The van der Waals surface area contributed by atoms with Crippen LogP contribution in [0.15, 0.2) is 0 Å². The van der Waals surface area contributed by atoms with E-state index in [9.17, 15) is 13.2 Å². The molecule has 1 heterocycles. The Bertz CT molecular complexity index is 357. The SMILES string of the molecule is O=C(C[C@@H]1CCS(=O)(=O)C1)NC1CCCC1. The summed E-state index contributed by atoms with van der Waals surface area (Å²) < 4.78 is 22.5. The topological polar surface area (TPSA) is 63.2 Å². The number of rotatable bonds is 3. The molecule has 0 bridgehead atoms. The summed E-state index contributed by atoms with van der Waals surface area (Å²) in [7, 11) is -2.85. The first-order valence-electron chi connectivity index (χ1n) is 6.05. The summed E-state index contributed by atoms with van der Waals surface area (Å²) in [6, 6.07) is 0.338. The molecule has 0 radical (unpaired) electrons. The van der Waals surface area contributed by atoms with Crippen molar-refractivity contribution in [1.82, 2.24) is 5.32 Å². The van der Waals surface area contributed by atoms with E-state index in [1.807, 2.05) is 0 Å². The molecular weight excluding hydrogens is 226 g/mol. The summed E-state index contributed by atoms with van der Waals surface area (Å²) in [4.78, 5) is 11.7. The van der Waals surface area contributed by atoms with E-state index < -0.39 is 9.84 Å². The summed E-state index contributed by atoms with van der Waals surface area (Å²) in [6.07, 6.45) is 5.59. The molecule has 0 spiro atoms. The Balaban J connectivity index is 1.75. The number of amides is 1. The molecule has 92 valence electrons. The van der Waals surface area contributed by atoms with Crippen LogP contribution in [-0.2, 0) is 14.6 Å². The van der Waals surface area contributed by atoms with Gasteiger partial charge in [-0.05, 0) is 25.2 Å². The highest BCUT2D eigenvalue weighted by atomic mass is 32.2. The molecule has 1 N–H and O–H groups in total. The van der Waals surface area contributed by atoms with Crippen LogP contribution in [0.4, 0.5) is 0 Å². The van der Waals surface area contributed by atoms with E-state index in [0.29, 0.717) is 18.9 Å². The van der Waals surface area contributed by atoms with Crippen LogP contribution in [0.3, 0.4) is 0 Å². The lowest BCUT2D eigenvalue weighted by molar-refractivity contribution is -0.122. The van der Waals surface area contributed by atoms with Gasteiger partial charge in [0.25, 0.3) is 0 Å². The largest absolute Gasteiger partial charge is 0.353 e. The van der Waals surface area contributed by atoms with E-state index in [0.717, 1.165) is 12.8 Å². The van der Waals surface area contributed by atoms with Crippen molar-refractivity contribution < 1.29 is 13.2 Å². The number of sulfone groups is 1. The van der Waals surface area contributed by atoms with Crippen LogP contribution in [0.1, 0.15) is 38.5 Å². The number of nitrogens with one attached hydrogen (secondary N) is 1. The lowest BCUT2D eigenvalue weighted by Crippen LogP contribution is -2.33. The Kier molecular flexibility index (Phi) is 3.52. The minimum atomic E-state index is -2.85. The molecule has 5 heteroatoms. The third-order valence-corrected chi connectivity index (χ3v) is 5.36. The van der Waals surface area contributed by atoms with Gasteiger partial charge >= 0.3 is 0 Å². The lowest BCUT2D eigenvalue weighted by atomic mass is 10.0. The minimum Gasteiger partial charge on any atom is -0.353 e. The van der Waals surface area contributed by atoms with Crippen molar-refractivity contribution in [2.24, 2.45) is 5.92 Å². The summed E-state index contributed by atoms with van der Waals surface area (Å²) in [5.74, 6) is 0.542. The molecule has 2 aliphatic rings. The van der Waals surface area contributed by atoms with Crippen LogP contribution in [0.5, 0.6) is 0 Å². The average Bonchev–Trinajstić information content (AvgIpc) is 2.76. The van der Waals surface area contributed by atoms with Gasteiger partial charge in [0.1, 0.15) is 0 Å². The molecule has 1 amide bonds. The fraction of sp³-hybridized carbons (Fsp3) is 0.909. The first-order valence-corrected chi connectivity index (χ1v) is 7.87. The molecule has 2 fully saturated rings. The van der Waals surface area contributed by atoms with Crippen LogP contribution in [0, 0.1) is 5.92 Å². The zero-order valence-corrected chi connectivity index (χ0v) is 10.3. The van der Waals surface area contributed by atoms with E-state index in [1.54, 1.807) is 0 Å². The molecular formula is C11H19NO3S. The Morgan fingerprint density at radius 3 is 2.44 bits per heavy atom. The molecule has 0 aromatic rings. The van der Waals surface area contributed by atoms with Gasteiger partial charge in [-0.15, -0.1) is 0 Å². The molecule has 1 atom stereocenters. The van der Waals surface area contributed by atoms with Crippen LogP contribution < -0.4 is 5.32 Å². The first kappa shape index (κ1) is 11.9. The van der Waals surface area contributed by atoms with E-state index in [1.165, 1.54) is 12.8 Å². The van der Waals surface area contributed by atoms with Crippen molar-refractivity contribution in [2.75, 3.05) is 11.5 Å². The highest BCUT2D eigenvalue weighted by Crippen LogP contribution is 2.22. The van der Waals surface area contributed by atoms with Gasteiger partial charge in [-0.2, -0.15) is 0 Å². The molecule has 1 saturated carbocycles. The van der Waals surface area contributed by atoms with Crippen molar-refractivity contribution in [2.45, 2.75) is 44.6 Å². The number of carbonyl (C=O) groups is 1. The summed E-state index contributed by atoms with van der Waals surface area (Å²) in [6.45, 7) is 0. The first-order chi connectivity index (χ1) is 7.55. The van der Waals surface area contributed by atoms with E-state index in [-0.39, 0.29) is 23.3 Å². The Morgan fingerprint density at radius 2 is 1.88 bits per heavy atom. The number of hydrogen-bond donors (Lipinski definition) is 1. The third-order valence-electron chi connectivity index (χ3n) is 3.52. The molecule has 1 aliphatic heterocycles. The normalized spacial score (nSPS) is 29.4. The summed E-state index contributed by atoms with van der Waals surface area (Å²) in [5, 5.41) is 3.00. The highest BCUT2D eigenvalue weighted by molar-refractivity contribution is 7.91. The van der Waals surface area contributed by atoms with Crippen molar-refractivity contribution >= 4 is 15.7 Å². The maximum Gasteiger partial charge on any atom is 0.220 e. The second kappa shape index (κ2) is 4.73. The van der Waals surface area contributed by atoms with Gasteiger partial charge in [-0.3, -0.25) is 4.79 Å². The fourth-order valence-corrected chi connectivity index (χ4v) is 4.51. The van der Waals surface area contributed by atoms with Gasteiger partial charge in [0.15, 0.2) is 9.84 Å². The van der Waals surface area contributed by atoms with Gasteiger partial charge in [-0.1, -0.05) is 12.8 Å². The van der Waals surface area contributed by atoms with Crippen LogP contribution >= 0.6 is 0 Å². The van der Waals surface area contributed by atoms with Gasteiger partial charge in [0.2, 0.25) is 5.91 Å². The second-order valence-electron chi connectivity index (χ2n) is 5.02. The lowest BCUT2D eigenvalue weighted by Gasteiger charge is -2.13. The molecule has 2 rings (SSSR count). The van der Waals surface area contributed by atoms with Gasteiger partial charge in [-0.25, -0.2) is 8.42 Å². The zero-order valence-electron chi connectivity index (χ0n) is 9.44. The monoisotopic (exact) mass is 245 g/mol. The molecule has 4 nitrogen and oxygen atoms in total. The molecule has 0 aromatic heterocycles. The maximum absolute atomic E-state index is 11.7. The third kappa shape index (κ3) is 3.20.